The van der Waals surface area contributed by atoms with Crippen LogP contribution in [0.15, 0.2) is 59.1 Å². The molecule has 35 heavy (non-hydrogen) atoms. The Hall–Kier alpha value is -3.88. The molecule has 1 aromatic heterocycles. The summed E-state index contributed by atoms with van der Waals surface area (Å²) in [5.41, 5.74) is 1.10. The quantitative estimate of drug-likeness (QED) is 0.517. The van der Waals surface area contributed by atoms with Gasteiger partial charge < -0.3 is 24.0 Å². The van der Waals surface area contributed by atoms with Gasteiger partial charge in [-0.1, -0.05) is 35.5 Å². The smallest absolute Gasteiger partial charge is 0.410 e. The van der Waals surface area contributed by atoms with Crippen LogP contribution in [0, 0.1) is 5.92 Å². The van der Waals surface area contributed by atoms with Gasteiger partial charge in [-0.2, -0.15) is 4.98 Å². The highest BCUT2D eigenvalue weighted by atomic mass is 16.6. The van der Waals surface area contributed by atoms with E-state index in [9.17, 15) is 14.7 Å². The molecule has 0 bridgehead atoms. The van der Waals surface area contributed by atoms with Gasteiger partial charge in [-0.15, -0.1) is 0 Å². The van der Waals surface area contributed by atoms with E-state index < -0.39 is 17.7 Å². The number of carboxylic acid groups (broad SMARTS) is 1. The van der Waals surface area contributed by atoms with Crippen molar-refractivity contribution in [2.24, 2.45) is 5.92 Å². The van der Waals surface area contributed by atoms with Gasteiger partial charge in [0.2, 0.25) is 5.82 Å². The van der Waals surface area contributed by atoms with Gasteiger partial charge >= 0.3 is 12.1 Å². The number of hydrogen-bond donors (Lipinski definition) is 1. The Balaban J connectivity index is 1.45. The SMILES string of the molecule is CC(C)(C)OC(=O)N1C[C@H](CC(=O)O)[C@H](c2cccc(OCc3noc(-c4ccccc4)n3)c2)C1. The highest BCUT2D eigenvalue weighted by Gasteiger charge is 2.39. The molecule has 184 valence electrons. The zero-order valence-electron chi connectivity index (χ0n) is 20.0. The topological polar surface area (TPSA) is 115 Å². The first-order chi connectivity index (χ1) is 16.7. The molecule has 1 fully saturated rings. The molecule has 1 saturated heterocycles. The molecule has 0 unspecified atom stereocenters. The van der Waals surface area contributed by atoms with Crippen LogP contribution in [0.2, 0.25) is 0 Å². The lowest BCUT2D eigenvalue weighted by Gasteiger charge is -2.24. The maximum absolute atomic E-state index is 12.6. The highest BCUT2D eigenvalue weighted by Crippen LogP contribution is 2.37. The Morgan fingerprint density at radius 2 is 1.89 bits per heavy atom. The van der Waals surface area contributed by atoms with E-state index >= 15 is 0 Å². The molecule has 0 radical (unpaired) electrons. The first-order valence-electron chi connectivity index (χ1n) is 11.5. The fraction of sp³-hybridized carbons (Fsp3) is 0.385. The lowest BCUT2D eigenvalue weighted by Crippen LogP contribution is -2.35. The van der Waals surface area contributed by atoms with Gasteiger partial charge in [0, 0.05) is 24.6 Å². The first-order valence-corrected chi connectivity index (χ1v) is 11.5. The molecular weight excluding hydrogens is 450 g/mol. The summed E-state index contributed by atoms with van der Waals surface area (Å²) in [6, 6.07) is 16.9. The molecule has 9 heteroatoms. The van der Waals surface area contributed by atoms with Gasteiger partial charge in [0.15, 0.2) is 6.61 Å². The molecule has 1 amide bonds. The van der Waals surface area contributed by atoms with Crippen molar-refractivity contribution in [3.8, 4) is 17.2 Å². The van der Waals surface area contributed by atoms with Crippen LogP contribution in [0.4, 0.5) is 4.79 Å². The van der Waals surface area contributed by atoms with Crippen LogP contribution in [-0.2, 0) is 16.1 Å². The average molecular weight is 480 g/mol. The van der Waals surface area contributed by atoms with Crippen molar-refractivity contribution in [3.05, 3.63) is 66.0 Å². The van der Waals surface area contributed by atoms with E-state index in [0.29, 0.717) is 30.6 Å². The number of carbonyl (C=O) groups excluding carboxylic acids is 1. The molecule has 1 N–H and O–H groups in total. The van der Waals surface area contributed by atoms with Crippen LogP contribution < -0.4 is 4.74 Å². The molecule has 2 aromatic carbocycles. The zero-order valence-corrected chi connectivity index (χ0v) is 20.0. The predicted molar refractivity (Wildman–Crippen MR) is 127 cm³/mol. The van der Waals surface area contributed by atoms with Crippen molar-refractivity contribution in [2.75, 3.05) is 13.1 Å². The maximum atomic E-state index is 12.6. The largest absolute Gasteiger partial charge is 0.485 e. The Kier molecular flexibility index (Phi) is 7.04. The van der Waals surface area contributed by atoms with Crippen molar-refractivity contribution in [3.63, 3.8) is 0 Å². The summed E-state index contributed by atoms with van der Waals surface area (Å²) in [4.78, 5) is 30.1. The lowest BCUT2D eigenvalue weighted by molar-refractivity contribution is -0.138. The van der Waals surface area contributed by atoms with E-state index in [1.54, 1.807) is 25.7 Å². The highest BCUT2D eigenvalue weighted by molar-refractivity contribution is 5.70. The van der Waals surface area contributed by atoms with Gasteiger partial charge in [0.25, 0.3) is 5.89 Å². The van der Waals surface area contributed by atoms with Gasteiger partial charge in [0.1, 0.15) is 11.4 Å². The maximum Gasteiger partial charge on any atom is 0.410 e. The fourth-order valence-electron chi connectivity index (χ4n) is 4.15. The van der Waals surface area contributed by atoms with Gasteiger partial charge in [0.05, 0.1) is 6.42 Å². The van der Waals surface area contributed by atoms with E-state index in [2.05, 4.69) is 10.1 Å². The van der Waals surface area contributed by atoms with Gasteiger partial charge in [-0.3, -0.25) is 4.79 Å². The number of likely N-dealkylation sites (tertiary alicyclic amines) is 1. The third-order valence-electron chi connectivity index (χ3n) is 5.67. The van der Waals surface area contributed by atoms with E-state index in [4.69, 9.17) is 14.0 Å². The molecular formula is C26H29N3O6. The second-order valence-electron chi connectivity index (χ2n) is 9.59. The van der Waals surface area contributed by atoms with Crippen LogP contribution in [0.25, 0.3) is 11.5 Å². The molecule has 9 nitrogen and oxygen atoms in total. The minimum Gasteiger partial charge on any atom is -0.485 e. The molecule has 2 atom stereocenters. The van der Waals surface area contributed by atoms with Crippen molar-refractivity contribution < 1.29 is 28.7 Å². The number of ether oxygens (including phenoxy) is 2. The standard InChI is InChI=1S/C26H29N3O6/c1-26(2,3)34-25(32)29-14-19(13-23(30)31)21(15-29)18-10-7-11-20(12-18)33-16-22-27-24(35-28-22)17-8-5-4-6-9-17/h4-12,19,21H,13-16H2,1-3H3,(H,30,31)/t19-,21-/m0/s1. The van der Waals surface area contributed by atoms with Crippen molar-refractivity contribution >= 4 is 12.1 Å². The average Bonchev–Trinajstić information content (AvgIpc) is 3.45. The molecule has 1 aliphatic heterocycles. The number of nitrogens with zero attached hydrogens (tertiary/aromatic N) is 3. The minimum atomic E-state index is -0.898. The third kappa shape index (κ3) is 6.38. The normalized spacial score (nSPS) is 17.9. The van der Waals surface area contributed by atoms with Crippen LogP contribution in [0.5, 0.6) is 5.75 Å². The van der Waals surface area contributed by atoms with Crippen molar-refractivity contribution in [2.45, 2.75) is 45.3 Å². The van der Waals surface area contributed by atoms with E-state index in [-0.39, 0.29) is 24.9 Å². The van der Waals surface area contributed by atoms with Crippen molar-refractivity contribution in [1.82, 2.24) is 15.0 Å². The Morgan fingerprint density at radius 3 is 2.60 bits per heavy atom. The summed E-state index contributed by atoms with van der Waals surface area (Å²) < 4.78 is 16.7. The van der Waals surface area contributed by atoms with Gasteiger partial charge in [-0.05, 0) is 56.5 Å². The molecule has 4 rings (SSSR count). The molecule has 0 saturated carbocycles. The van der Waals surface area contributed by atoms with Crippen molar-refractivity contribution in [1.29, 1.82) is 0 Å². The molecule has 0 aliphatic carbocycles. The summed E-state index contributed by atoms with van der Waals surface area (Å²) in [6.07, 6.45) is -0.477. The number of carboxylic acids is 1. The minimum absolute atomic E-state index is 0.0415. The third-order valence-corrected chi connectivity index (χ3v) is 5.67. The van der Waals surface area contributed by atoms with Crippen LogP contribution in [0.3, 0.4) is 0 Å². The summed E-state index contributed by atoms with van der Waals surface area (Å²) in [6.45, 7) is 6.23. The van der Waals surface area contributed by atoms with E-state index in [1.165, 1.54) is 0 Å². The van der Waals surface area contributed by atoms with Crippen LogP contribution >= 0.6 is 0 Å². The predicted octanol–water partition coefficient (Wildman–Crippen LogP) is 4.74. The lowest BCUT2D eigenvalue weighted by atomic mass is 9.87. The van der Waals surface area contributed by atoms with E-state index in [1.807, 2.05) is 54.6 Å². The number of amides is 1. The summed E-state index contributed by atoms with van der Waals surface area (Å²) >= 11 is 0. The van der Waals surface area contributed by atoms with E-state index in [0.717, 1.165) is 11.1 Å². The second kappa shape index (κ2) is 10.2. The fourth-order valence-corrected chi connectivity index (χ4v) is 4.15. The number of carbonyl (C=O) groups is 2. The first kappa shape index (κ1) is 24.3. The summed E-state index contributed by atoms with van der Waals surface area (Å²) in [5.74, 6) is 0.138. The number of hydrogen-bond acceptors (Lipinski definition) is 7. The second-order valence-corrected chi connectivity index (χ2v) is 9.59. The molecule has 1 aliphatic rings. The molecule has 3 aromatic rings. The Bertz CT molecular complexity index is 1170. The Morgan fingerprint density at radius 1 is 1.11 bits per heavy atom. The summed E-state index contributed by atoms with van der Waals surface area (Å²) in [7, 11) is 0. The number of aromatic nitrogens is 2. The molecule has 2 heterocycles. The molecule has 0 spiro atoms. The van der Waals surface area contributed by atoms with Gasteiger partial charge in [-0.25, -0.2) is 4.79 Å². The number of rotatable bonds is 7. The monoisotopic (exact) mass is 479 g/mol. The van der Waals surface area contributed by atoms with Crippen LogP contribution in [0.1, 0.15) is 44.5 Å². The number of benzene rings is 2. The van der Waals surface area contributed by atoms with Crippen LogP contribution in [-0.4, -0.2) is 50.9 Å². The zero-order chi connectivity index (χ0) is 25.0. The summed E-state index contributed by atoms with van der Waals surface area (Å²) in [5, 5.41) is 13.4. The number of aliphatic carboxylic acids is 1. The Labute approximate surface area is 203 Å².